The monoisotopic (exact) mass is 521 g/mol. The second-order valence-corrected chi connectivity index (χ2v) is 7.65. The molecule has 1 aromatic heterocycles. The molecule has 6 nitrogen and oxygen atoms in total. The molecule has 0 bridgehead atoms. The minimum atomic E-state index is -4.87. The van der Waals surface area contributed by atoms with Gasteiger partial charge in [0.15, 0.2) is 11.9 Å². The zero-order chi connectivity index (χ0) is 26.1. The fraction of sp³-hybridized carbons (Fsp3) is 0.273. The number of aliphatic hydroxyl groups excluding tert-OH is 1. The predicted molar refractivity (Wildman–Crippen MR) is 116 cm³/mol. The van der Waals surface area contributed by atoms with E-state index in [0.29, 0.717) is 29.8 Å². The Labute approximate surface area is 199 Å². The van der Waals surface area contributed by atoms with E-state index in [1.165, 1.54) is 12.1 Å². The van der Waals surface area contributed by atoms with Crippen LogP contribution in [0.2, 0.25) is 5.02 Å². The molecule has 35 heavy (non-hydrogen) atoms. The smallest absolute Gasteiger partial charge is 0.425 e. The van der Waals surface area contributed by atoms with Gasteiger partial charge in [-0.15, -0.1) is 5.10 Å². The van der Waals surface area contributed by atoms with Gasteiger partial charge in [0.25, 0.3) is 0 Å². The Morgan fingerprint density at radius 1 is 1.26 bits per heavy atom. The SMILES string of the molecule is CCn1c(CO)nn(-c2cc(O[C@@H](C)C(F)(F)F)c(C(F)=Cc3c(F)cccc3Cl)cc2F)c1=O. The van der Waals surface area contributed by atoms with Crippen LogP contribution in [0.15, 0.2) is 35.1 Å². The molecule has 0 spiro atoms. The largest absolute Gasteiger partial charge is 0.480 e. The molecule has 3 aromatic rings. The summed E-state index contributed by atoms with van der Waals surface area (Å²) >= 11 is 5.87. The summed E-state index contributed by atoms with van der Waals surface area (Å²) in [6, 6.07) is 4.65. The van der Waals surface area contributed by atoms with Crippen molar-refractivity contribution in [3.8, 4) is 11.4 Å². The van der Waals surface area contributed by atoms with Crippen molar-refractivity contribution in [1.82, 2.24) is 14.3 Å². The number of halogens is 7. The molecule has 1 heterocycles. The number of alkyl halides is 3. The van der Waals surface area contributed by atoms with Crippen molar-refractivity contribution < 1.29 is 36.2 Å². The van der Waals surface area contributed by atoms with Crippen molar-refractivity contribution >= 4 is 23.5 Å². The second-order valence-electron chi connectivity index (χ2n) is 7.24. The summed E-state index contributed by atoms with van der Waals surface area (Å²) in [5.41, 5.74) is -2.75. The molecular formula is C22H18ClF6N3O3. The van der Waals surface area contributed by atoms with Gasteiger partial charge >= 0.3 is 11.9 Å². The van der Waals surface area contributed by atoms with Gasteiger partial charge in [-0.25, -0.2) is 18.0 Å². The Balaban J connectivity index is 2.24. The fourth-order valence-corrected chi connectivity index (χ4v) is 3.35. The lowest BCUT2D eigenvalue weighted by molar-refractivity contribution is -0.189. The third-order valence-corrected chi connectivity index (χ3v) is 5.30. The maximum atomic E-state index is 15.1. The van der Waals surface area contributed by atoms with Crippen LogP contribution >= 0.6 is 11.6 Å². The first-order chi connectivity index (χ1) is 16.4. The Kier molecular flexibility index (Phi) is 7.65. The number of ether oxygens (including phenoxy) is 1. The van der Waals surface area contributed by atoms with Gasteiger partial charge in [-0.2, -0.15) is 17.9 Å². The molecule has 0 aliphatic rings. The van der Waals surface area contributed by atoms with Crippen molar-refractivity contribution in [2.45, 2.75) is 39.3 Å². The Bertz CT molecular complexity index is 1310. The molecule has 13 heteroatoms. The van der Waals surface area contributed by atoms with E-state index in [-0.39, 0.29) is 17.4 Å². The summed E-state index contributed by atoms with van der Waals surface area (Å²) in [6.07, 6.45) is -6.74. The van der Waals surface area contributed by atoms with Gasteiger partial charge in [-0.3, -0.25) is 4.57 Å². The maximum absolute atomic E-state index is 15.1. The lowest BCUT2D eigenvalue weighted by Crippen LogP contribution is -2.31. The third-order valence-electron chi connectivity index (χ3n) is 4.97. The summed E-state index contributed by atoms with van der Waals surface area (Å²) in [6.45, 7) is 1.58. The summed E-state index contributed by atoms with van der Waals surface area (Å²) in [5.74, 6) is -4.45. The topological polar surface area (TPSA) is 69.3 Å². The summed E-state index contributed by atoms with van der Waals surface area (Å²) in [7, 11) is 0. The number of benzene rings is 2. The zero-order valence-corrected chi connectivity index (χ0v) is 19.0. The van der Waals surface area contributed by atoms with E-state index in [1.54, 1.807) is 6.92 Å². The van der Waals surface area contributed by atoms with Crippen LogP contribution in [0.25, 0.3) is 17.6 Å². The molecule has 188 valence electrons. The maximum Gasteiger partial charge on any atom is 0.425 e. The van der Waals surface area contributed by atoms with Crippen molar-refractivity contribution in [2.75, 3.05) is 0 Å². The van der Waals surface area contributed by atoms with Gasteiger partial charge in [0.1, 0.15) is 35.5 Å². The molecule has 0 amide bonds. The lowest BCUT2D eigenvalue weighted by atomic mass is 10.1. The Morgan fingerprint density at radius 2 is 1.94 bits per heavy atom. The number of hydrogen-bond donors (Lipinski definition) is 1. The normalized spacial score (nSPS) is 13.3. The van der Waals surface area contributed by atoms with Crippen LogP contribution in [-0.4, -0.2) is 31.7 Å². The van der Waals surface area contributed by atoms with Crippen molar-refractivity contribution in [2.24, 2.45) is 0 Å². The third kappa shape index (κ3) is 5.38. The van der Waals surface area contributed by atoms with Crippen LogP contribution in [0.4, 0.5) is 26.3 Å². The average Bonchev–Trinajstić information content (AvgIpc) is 3.11. The zero-order valence-electron chi connectivity index (χ0n) is 18.2. The van der Waals surface area contributed by atoms with Gasteiger partial charge in [-0.05, 0) is 38.1 Å². The highest BCUT2D eigenvalue weighted by Crippen LogP contribution is 2.36. The molecule has 1 N–H and O–H groups in total. The molecule has 0 radical (unpaired) electrons. The second kappa shape index (κ2) is 10.2. The highest BCUT2D eigenvalue weighted by atomic mass is 35.5. The Morgan fingerprint density at radius 3 is 2.49 bits per heavy atom. The standard InChI is InChI=1S/C22H18ClF6N3O3/c1-3-31-20(10-33)30-32(21(31)34)18-9-19(35-11(2)22(27,28)29)13(8-17(18)26)16(25)7-12-14(23)5-4-6-15(12)24/h4-9,11,33H,3,10H2,1-2H3/t11-/m0/s1. The predicted octanol–water partition coefficient (Wildman–Crippen LogP) is 5.28. The van der Waals surface area contributed by atoms with Gasteiger partial charge in [0.2, 0.25) is 0 Å². The van der Waals surface area contributed by atoms with E-state index >= 15 is 8.78 Å². The summed E-state index contributed by atoms with van der Waals surface area (Å²) in [5, 5.41) is 13.0. The van der Waals surface area contributed by atoms with Crippen LogP contribution < -0.4 is 10.4 Å². The van der Waals surface area contributed by atoms with E-state index in [1.807, 2.05) is 0 Å². The molecule has 0 saturated carbocycles. The lowest BCUT2D eigenvalue weighted by Gasteiger charge is -2.20. The summed E-state index contributed by atoms with van der Waals surface area (Å²) < 4.78 is 90.1. The van der Waals surface area contributed by atoms with E-state index in [2.05, 4.69) is 5.10 Å². The number of hydrogen-bond acceptors (Lipinski definition) is 4. The molecular weight excluding hydrogens is 504 g/mol. The van der Waals surface area contributed by atoms with Crippen LogP contribution in [0.3, 0.4) is 0 Å². The van der Waals surface area contributed by atoms with Crippen molar-refractivity contribution in [3.05, 3.63) is 74.4 Å². The van der Waals surface area contributed by atoms with Gasteiger partial charge in [0.05, 0.1) is 10.6 Å². The van der Waals surface area contributed by atoms with E-state index < -0.39 is 64.6 Å². The molecule has 0 saturated heterocycles. The van der Waals surface area contributed by atoms with Gasteiger partial charge < -0.3 is 9.84 Å². The molecule has 0 aliphatic heterocycles. The number of rotatable bonds is 7. The van der Waals surface area contributed by atoms with E-state index in [9.17, 15) is 27.5 Å². The highest BCUT2D eigenvalue weighted by Gasteiger charge is 2.39. The number of aromatic nitrogens is 3. The van der Waals surface area contributed by atoms with Crippen molar-refractivity contribution in [3.63, 3.8) is 0 Å². The first kappa shape index (κ1) is 26.4. The fourth-order valence-electron chi connectivity index (χ4n) is 3.13. The van der Waals surface area contributed by atoms with Crippen LogP contribution in [-0.2, 0) is 13.2 Å². The van der Waals surface area contributed by atoms with Crippen LogP contribution in [0.5, 0.6) is 5.75 Å². The van der Waals surface area contributed by atoms with E-state index in [4.69, 9.17) is 16.3 Å². The highest BCUT2D eigenvalue weighted by molar-refractivity contribution is 6.32. The average molecular weight is 522 g/mol. The molecule has 2 aromatic carbocycles. The molecule has 0 unspecified atom stereocenters. The minimum Gasteiger partial charge on any atom is -0.480 e. The molecule has 0 fully saturated rings. The molecule has 0 aliphatic carbocycles. The first-order valence-electron chi connectivity index (χ1n) is 10.1. The number of aliphatic hydroxyl groups is 1. The number of nitrogens with zero attached hydrogens (tertiary/aromatic N) is 3. The first-order valence-corrected chi connectivity index (χ1v) is 10.4. The van der Waals surface area contributed by atoms with Crippen LogP contribution in [0, 0.1) is 11.6 Å². The quantitative estimate of drug-likeness (QED) is 0.339. The molecule has 1 atom stereocenters. The van der Waals surface area contributed by atoms with E-state index in [0.717, 1.165) is 10.6 Å². The summed E-state index contributed by atoms with van der Waals surface area (Å²) in [4.78, 5) is 12.6. The minimum absolute atomic E-state index is 0.0592. The molecule has 3 rings (SSSR count). The van der Waals surface area contributed by atoms with Gasteiger partial charge in [0, 0.05) is 18.2 Å². The van der Waals surface area contributed by atoms with Crippen LogP contribution in [0.1, 0.15) is 30.8 Å². The Hall–Kier alpha value is -3.25. The van der Waals surface area contributed by atoms with Gasteiger partial charge in [-0.1, -0.05) is 17.7 Å². The van der Waals surface area contributed by atoms with Crippen molar-refractivity contribution in [1.29, 1.82) is 0 Å².